The number of aryl methyl sites for hydroxylation is 1. The number of carbonyl (C=O) groups is 1. The lowest BCUT2D eigenvalue weighted by Gasteiger charge is -2.01. The number of nitrogens with one attached hydrogen (secondary N) is 1. The van der Waals surface area contributed by atoms with Crippen molar-refractivity contribution in [3.63, 3.8) is 0 Å². The summed E-state index contributed by atoms with van der Waals surface area (Å²) >= 11 is 0. The molecule has 0 radical (unpaired) electrons. The Morgan fingerprint density at radius 2 is 2.00 bits per heavy atom. The van der Waals surface area contributed by atoms with Crippen LogP contribution in [-0.2, 0) is 4.79 Å². The maximum atomic E-state index is 10.9. The first-order valence-electron chi connectivity index (χ1n) is 6.14. The van der Waals surface area contributed by atoms with Crippen molar-refractivity contribution >= 4 is 29.4 Å². The second kappa shape index (κ2) is 6.00. The summed E-state index contributed by atoms with van der Waals surface area (Å²) in [5.41, 5.74) is 1.53. The van der Waals surface area contributed by atoms with Gasteiger partial charge < -0.3 is 9.84 Å². The molecule has 1 N–H and O–H groups in total. The van der Waals surface area contributed by atoms with Crippen LogP contribution >= 0.6 is 0 Å². The molecule has 0 aliphatic carbocycles. The molecule has 0 atom stereocenters. The van der Waals surface area contributed by atoms with Crippen molar-refractivity contribution in [2.45, 2.75) is 13.8 Å². The molecular formula is C14H13N3O4. The number of amides is 1. The number of nitrogens with zero attached hydrogens (tertiary/aromatic N) is 2. The van der Waals surface area contributed by atoms with Crippen LogP contribution in [0.2, 0.25) is 0 Å². The number of nitro groups is 1. The zero-order chi connectivity index (χ0) is 15.4. The van der Waals surface area contributed by atoms with Crippen LogP contribution in [0.5, 0.6) is 0 Å². The molecule has 7 heteroatoms. The SMILES string of the molecule is CC(=O)Nc1ccc(/C=C/c2noc(C)c2[N+](=O)[O-])cc1. The van der Waals surface area contributed by atoms with E-state index in [-0.39, 0.29) is 23.0 Å². The topological polar surface area (TPSA) is 98.3 Å². The zero-order valence-corrected chi connectivity index (χ0v) is 11.5. The van der Waals surface area contributed by atoms with Crippen molar-refractivity contribution in [3.8, 4) is 0 Å². The molecule has 2 rings (SSSR count). The Kier molecular flexibility index (Phi) is 4.13. The van der Waals surface area contributed by atoms with Crippen molar-refractivity contribution in [1.29, 1.82) is 0 Å². The fourth-order valence-electron chi connectivity index (χ4n) is 1.77. The fraction of sp³-hybridized carbons (Fsp3) is 0.143. The molecule has 0 aliphatic heterocycles. The second-order valence-electron chi connectivity index (χ2n) is 4.37. The predicted octanol–water partition coefficient (Wildman–Crippen LogP) is 3.02. The first kappa shape index (κ1) is 14.4. The number of hydrogen-bond acceptors (Lipinski definition) is 5. The van der Waals surface area contributed by atoms with E-state index < -0.39 is 4.92 Å². The third-order valence-electron chi connectivity index (χ3n) is 2.70. The van der Waals surface area contributed by atoms with E-state index >= 15 is 0 Å². The van der Waals surface area contributed by atoms with Crippen LogP contribution in [-0.4, -0.2) is 16.0 Å². The highest BCUT2D eigenvalue weighted by molar-refractivity contribution is 5.88. The lowest BCUT2D eigenvalue weighted by atomic mass is 10.1. The summed E-state index contributed by atoms with van der Waals surface area (Å²) in [6.07, 6.45) is 3.20. The summed E-state index contributed by atoms with van der Waals surface area (Å²) in [6, 6.07) is 7.04. The van der Waals surface area contributed by atoms with Gasteiger partial charge in [-0.25, -0.2) is 0 Å². The third kappa shape index (κ3) is 3.53. The molecule has 7 nitrogen and oxygen atoms in total. The molecule has 0 bridgehead atoms. The second-order valence-corrected chi connectivity index (χ2v) is 4.37. The molecule has 0 saturated carbocycles. The Morgan fingerprint density at radius 3 is 2.57 bits per heavy atom. The molecule has 1 heterocycles. The van der Waals surface area contributed by atoms with Gasteiger partial charge in [0.05, 0.1) is 4.92 Å². The highest BCUT2D eigenvalue weighted by Crippen LogP contribution is 2.24. The Balaban J connectivity index is 2.18. The number of carbonyl (C=O) groups excluding carboxylic acids is 1. The van der Waals surface area contributed by atoms with E-state index in [0.29, 0.717) is 5.69 Å². The van der Waals surface area contributed by atoms with Crippen LogP contribution in [0.4, 0.5) is 11.4 Å². The smallest absolute Gasteiger partial charge is 0.338 e. The molecule has 0 saturated heterocycles. The van der Waals surface area contributed by atoms with Gasteiger partial charge in [0.25, 0.3) is 0 Å². The molecule has 0 spiro atoms. The van der Waals surface area contributed by atoms with Crippen LogP contribution in [0.1, 0.15) is 23.9 Å². The number of hydrogen-bond donors (Lipinski definition) is 1. The highest BCUT2D eigenvalue weighted by atomic mass is 16.6. The van der Waals surface area contributed by atoms with E-state index in [1.165, 1.54) is 19.9 Å². The van der Waals surface area contributed by atoms with E-state index in [9.17, 15) is 14.9 Å². The standard InChI is InChI=1S/C14H13N3O4/c1-9-14(17(19)20)13(16-21-9)8-5-11-3-6-12(7-4-11)15-10(2)18/h3-8H,1-2H3,(H,15,18)/b8-5+. The first-order chi connectivity index (χ1) is 9.97. The van der Waals surface area contributed by atoms with Crippen molar-refractivity contribution in [2.24, 2.45) is 0 Å². The van der Waals surface area contributed by atoms with Gasteiger partial charge in [-0.05, 0) is 23.8 Å². The first-order valence-corrected chi connectivity index (χ1v) is 6.14. The summed E-state index contributed by atoms with van der Waals surface area (Å²) < 4.78 is 4.82. The summed E-state index contributed by atoms with van der Waals surface area (Å²) in [7, 11) is 0. The van der Waals surface area contributed by atoms with Gasteiger partial charge in [-0.1, -0.05) is 23.4 Å². The summed E-state index contributed by atoms with van der Waals surface area (Å²) in [5.74, 6) is 0.0210. The minimum absolute atomic E-state index is 0.138. The van der Waals surface area contributed by atoms with Crippen molar-refractivity contribution in [2.75, 3.05) is 5.32 Å². The molecule has 1 aromatic heterocycles. The van der Waals surface area contributed by atoms with E-state index in [1.54, 1.807) is 30.3 Å². The molecule has 0 unspecified atom stereocenters. The molecule has 1 aromatic carbocycles. The Hall–Kier alpha value is -2.96. The summed E-state index contributed by atoms with van der Waals surface area (Å²) in [6.45, 7) is 2.92. The Morgan fingerprint density at radius 1 is 1.33 bits per heavy atom. The molecule has 0 fully saturated rings. The quantitative estimate of drug-likeness (QED) is 0.688. The normalized spacial score (nSPS) is 10.8. The highest BCUT2D eigenvalue weighted by Gasteiger charge is 2.21. The fourth-order valence-corrected chi connectivity index (χ4v) is 1.77. The van der Waals surface area contributed by atoms with Gasteiger partial charge in [0.15, 0.2) is 5.69 Å². The molecule has 21 heavy (non-hydrogen) atoms. The van der Waals surface area contributed by atoms with Gasteiger partial charge in [-0.3, -0.25) is 14.9 Å². The summed E-state index contributed by atoms with van der Waals surface area (Å²) in [5, 5.41) is 17.2. The minimum Gasteiger partial charge on any atom is -0.354 e. The van der Waals surface area contributed by atoms with Gasteiger partial charge >= 0.3 is 5.69 Å². The average molecular weight is 287 g/mol. The van der Waals surface area contributed by atoms with Crippen molar-refractivity contribution in [3.05, 3.63) is 51.4 Å². The van der Waals surface area contributed by atoms with Gasteiger partial charge in [-0.2, -0.15) is 0 Å². The van der Waals surface area contributed by atoms with Crippen LogP contribution in [0.3, 0.4) is 0 Å². The molecule has 1 amide bonds. The van der Waals surface area contributed by atoms with Gasteiger partial charge in [-0.15, -0.1) is 0 Å². The molecule has 0 aliphatic rings. The third-order valence-corrected chi connectivity index (χ3v) is 2.70. The Labute approximate surface area is 120 Å². The lowest BCUT2D eigenvalue weighted by Crippen LogP contribution is -2.05. The number of anilines is 1. The van der Waals surface area contributed by atoms with Crippen molar-refractivity contribution in [1.82, 2.24) is 5.16 Å². The predicted molar refractivity (Wildman–Crippen MR) is 77.6 cm³/mol. The largest absolute Gasteiger partial charge is 0.354 e. The van der Waals surface area contributed by atoms with Crippen LogP contribution in [0.25, 0.3) is 12.2 Å². The van der Waals surface area contributed by atoms with Gasteiger partial charge in [0.2, 0.25) is 11.7 Å². The maximum absolute atomic E-state index is 10.9. The number of benzene rings is 1. The molecule has 2 aromatic rings. The zero-order valence-electron chi connectivity index (χ0n) is 11.5. The molecular weight excluding hydrogens is 274 g/mol. The number of aromatic nitrogens is 1. The van der Waals surface area contributed by atoms with E-state index in [4.69, 9.17) is 4.52 Å². The van der Waals surface area contributed by atoms with E-state index in [1.807, 2.05) is 0 Å². The lowest BCUT2D eigenvalue weighted by molar-refractivity contribution is -0.386. The van der Waals surface area contributed by atoms with Crippen LogP contribution in [0, 0.1) is 17.0 Å². The summed E-state index contributed by atoms with van der Waals surface area (Å²) in [4.78, 5) is 21.3. The van der Waals surface area contributed by atoms with Crippen molar-refractivity contribution < 1.29 is 14.2 Å². The molecule has 108 valence electrons. The van der Waals surface area contributed by atoms with Crippen LogP contribution in [0.15, 0.2) is 28.8 Å². The van der Waals surface area contributed by atoms with E-state index in [2.05, 4.69) is 10.5 Å². The maximum Gasteiger partial charge on any atom is 0.338 e. The average Bonchev–Trinajstić information content (AvgIpc) is 2.78. The number of rotatable bonds is 4. The minimum atomic E-state index is -0.522. The van der Waals surface area contributed by atoms with E-state index in [0.717, 1.165) is 5.56 Å². The van der Waals surface area contributed by atoms with Crippen LogP contribution < -0.4 is 5.32 Å². The Bertz CT molecular complexity index is 702. The monoisotopic (exact) mass is 287 g/mol. The van der Waals surface area contributed by atoms with Gasteiger partial charge in [0.1, 0.15) is 0 Å². The van der Waals surface area contributed by atoms with Gasteiger partial charge in [0, 0.05) is 19.5 Å².